The van der Waals surface area contributed by atoms with Crippen LogP contribution in [0, 0.1) is 0 Å². The lowest BCUT2D eigenvalue weighted by Crippen LogP contribution is -2.52. The maximum atomic E-state index is 11.8. The van der Waals surface area contributed by atoms with E-state index in [0.717, 1.165) is 25.9 Å². The predicted molar refractivity (Wildman–Crippen MR) is 71.9 cm³/mol. The van der Waals surface area contributed by atoms with E-state index in [1.807, 2.05) is 23.1 Å². The average molecular weight is 268 g/mol. The van der Waals surface area contributed by atoms with Crippen LogP contribution in [0.25, 0.3) is 0 Å². The summed E-state index contributed by atoms with van der Waals surface area (Å²) in [5.41, 5.74) is -0.347. The minimum atomic E-state index is -1.03. The summed E-state index contributed by atoms with van der Waals surface area (Å²) in [5, 5.41) is 10.2. The number of halogens is 1. The number of hydrogen-bond donors (Lipinski definition) is 1. The molecule has 0 aliphatic carbocycles. The summed E-state index contributed by atoms with van der Waals surface area (Å²) in [6.07, 6.45) is 3.27. The number of piperidine rings is 1. The van der Waals surface area contributed by atoms with Crippen LogP contribution >= 0.6 is 11.6 Å². The fraction of sp³-hybridized carbons (Fsp3) is 0.500. The molecule has 18 heavy (non-hydrogen) atoms. The Morgan fingerprint density at radius 3 is 2.44 bits per heavy atom. The van der Waals surface area contributed by atoms with E-state index < -0.39 is 11.5 Å². The molecule has 1 fully saturated rings. The van der Waals surface area contributed by atoms with Gasteiger partial charge in [-0.3, -0.25) is 4.90 Å². The molecule has 1 N–H and O–H groups in total. The first-order valence-corrected chi connectivity index (χ1v) is 6.68. The van der Waals surface area contributed by atoms with E-state index in [9.17, 15) is 9.90 Å². The first-order valence-electron chi connectivity index (χ1n) is 6.30. The van der Waals surface area contributed by atoms with Crippen LogP contribution in [-0.2, 0) is 10.3 Å². The Kier molecular flexibility index (Phi) is 3.93. The quantitative estimate of drug-likeness (QED) is 0.915. The second-order valence-electron chi connectivity index (χ2n) is 4.90. The van der Waals surface area contributed by atoms with Gasteiger partial charge in [0.2, 0.25) is 0 Å². The third kappa shape index (κ3) is 2.25. The number of nitrogens with zero attached hydrogens (tertiary/aromatic N) is 1. The molecule has 0 radical (unpaired) electrons. The number of rotatable bonds is 3. The van der Waals surface area contributed by atoms with Crippen molar-refractivity contribution in [3.8, 4) is 0 Å². The third-order valence-corrected chi connectivity index (χ3v) is 4.13. The zero-order valence-corrected chi connectivity index (χ0v) is 11.3. The van der Waals surface area contributed by atoms with Gasteiger partial charge in [0.05, 0.1) is 0 Å². The predicted octanol–water partition coefficient (Wildman–Crippen LogP) is 3.13. The number of carbonyl (C=O) groups is 1. The van der Waals surface area contributed by atoms with Gasteiger partial charge in [-0.25, -0.2) is 4.79 Å². The minimum absolute atomic E-state index is 0.521. The summed E-state index contributed by atoms with van der Waals surface area (Å²) in [6.45, 7) is 3.38. The normalized spacial score (nSPS) is 20.3. The Bertz CT molecular complexity index is 443. The molecule has 1 atom stereocenters. The Morgan fingerprint density at radius 2 is 1.89 bits per heavy atom. The summed E-state index contributed by atoms with van der Waals surface area (Å²) in [5.74, 6) is -0.836. The minimum Gasteiger partial charge on any atom is -0.480 e. The van der Waals surface area contributed by atoms with Gasteiger partial charge in [0.25, 0.3) is 0 Å². The lowest BCUT2D eigenvalue weighted by Gasteiger charge is -2.40. The van der Waals surface area contributed by atoms with Crippen LogP contribution < -0.4 is 0 Å². The largest absolute Gasteiger partial charge is 0.480 e. The van der Waals surface area contributed by atoms with Crippen LogP contribution in [0.3, 0.4) is 0 Å². The van der Waals surface area contributed by atoms with Crippen LogP contribution in [0.1, 0.15) is 31.7 Å². The van der Waals surface area contributed by atoms with Crippen molar-refractivity contribution in [2.24, 2.45) is 0 Å². The zero-order chi connectivity index (χ0) is 13.2. The van der Waals surface area contributed by atoms with Gasteiger partial charge in [0.15, 0.2) is 0 Å². The Balaban J connectivity index is 2.43. The van der Waals surface area contributed by atoms with Crippen LogP contribution in [0.15, 0.2) is 24.3 Å². The lowest BCUT2D eigenvalue weighted by molar-refractivity contribution is -0.152. The number of likely N-dealkylation sites (tertiary alicyclic amines) is 1. The van der Waals surface area contributed by atoms with Gasteiger partial charge >= 0.3 is 5.97 Å². The van der Waals surface area contributed by atoms with Crippen LogP contribution in [-0.4, -0.2) is 29.1 Å². The number of benzene rings is 1. The molecule has 1 aromatic carbocycles. The van der Waals surface area contributed by atoms with E-state index in [1.54, 1.807) is 13.0 Å². The van der Waals surface area contributed by atoms with Crippen LogP contribution in [0.2, 0.25) is 5.02 Å². The molecule has 0 saturated carbocycles. The molecule has 0 aromatic heterocycles. The number of hydrogen-bond acceptors (Lipinski definition) is 2. The van der Waals surface area contributed by atoms with Gasteiger partial charge in [-0.1, -0.05) is 36.2 Å². The lowest BCUT2D eigenvalue weighted by atomic mass is 9.88. The highest BCUT2D eigenvalue weighted by molar-refractivity contribution is 6.31. The van der Waals surface area contributed by atoms with Crippen LogP contribution in [0.5, 0.6) is 0 Å². The SMILES string of the molecule is CC(C(=O)O)(c1ccccc1Cl)N1CCCCC1. The highest BCUT2D eigenvalue weighted by Gasteiger charge is 2.42. The van der Waals surface area contributed by atoms with E-state index in [4.69, 9.17) is 11.6 Å². The molecule has 3 nitrogen and oxygen atoms in total. The maximum Gasteiger partial charge on any atom is 0.328 e. The standard InChI is InChI=1S/C14H18ClNO2/c1-14(13(17)18,16-9-5-2-6-10-16)11-7-3-4-8-12(11)15/h3-4,7-8H,2,5-6,9-10H2,1H3,(H,17,18). The van der Waals surface area contributed by atoms with Crippen molar-refractivity contribution in [1.29, 1.82) is 0 Å². The fourth-order valence-corrected chi connectivity index (χ4v) is 2.94. The highest BCUT2D eigenvalue weighted by atomic mass is 35.5. The fourth-order valence-electron chi connectivity index (χ4n) is 2.62. The topological polar surface area (TPSA) is 40.5 Å². The van der Waals surface area contributed by atoms with Crippen LogP contribution in [0.4, 0.5) is 0 Å². The maximum absolute atomic E-state index is 11.8. The molecule has 2 rings (SSSR count). The summed E-state index contributed by atoms with van der Waals surface area (Å²) in [7, 11) is 0. The van der Waals surface area contributed by atoms with Gasteiger partial charge in [-0.2, -0.15) is 0 Å². The Labute approximate surface area is 112 Å². The monoisotopic (exact) mass is 267 g/mol. The summed E-state index contributed by atoms with van der Waals surface area (Å²) >= 11 is 6.18. The number of carboxylic acids is 1. The van der Waals surface area contributed by atoms with E-state index >= 15 is 0 Å². The molecule has 1 unspecified atom stereocenters. The molecule has 98 valence electrons. The number of carboxylic acid groups (broad SMARTS) is 1. The van der Waals surface area contributed by atoms with E-state index in [-0.39, 0.29) is 0 Å². The Morgan fingerprint density at radius 1 is 1.28 bits per heavy atom. The first-order chi connectivity index (χ1) is 8.56. The molecule has 1 aromatic rings. The zero-order valence-electron chi connectivity index (χ0n) is 10.5. The molecular weight excluding hydrogens is 250 g/mol. The second-order valence-corrected chi connectivity index (χ2v) is 5.31. The summed E-state index contributed by atoms with van der Waals surface area (Å²) in [4.78, 5) is 13.8. The summed E-state index contributed by atoms with van der Waals surface area (Å²) in [6, 6.07) is 7.23. The second kappa shape index (κ2) is 5.29. The van der Waals surface area contributed by atoms with Crippen molar-refractivity contribution < 1.29 is 9.90 Å². The summed E-state index contributed by atoms with van der Waals surface area (Å²) < 4.78 is 0. The Hall–Kier alpha value is -1.06. The molecule has 0 bridgehead atoms. The van der Waals surface area contributed by atoms with Gasteiger partial charge in [-0.15, -0.1) is 0 Å². The molecule has 1 aliphatic rings. The third-order valence-electron chi connectivity index (χ3n) is 3.80. The first kappa shape index (κ1) is 13.4. The molecule has 1 saturated heterocycles. The van der Waals surface area contributed by atoms with Crippen molar-refractivity contribution >= 4 is 17.6 Å². The molecule has 0 spiro atoms. The van der Waals surface area contributed by atoms with Crippen molar-refractivity contribution in [1.82, 2.24) is 4.90 Å². The highest BCUT2D eigenvalue weighted by Crippen LogP contribution is 2.35. The van der Waals surface area contributed by atoms with Crippen molar-refractivity contribution in [2.75, 3.05) is 13.1 Å². The van der Waals surface area contributed by atoms with Gasteiger partial charge < -0.3 is 5.11 Å². The molecule has 4 heteroatoms. The number of aliphatic carboxylic acids is 1. The molecular formula is C14H18ClNO2. The van der Waals surface area contributed by atoms with Crippen molar-refractivity contribution in [3.63, 3.8) is 0 Å². The molecule has 1 aliphatic heterocycles. The van der Waals surface area contributed by atoms with E-state index in [2.05, 4.69) is 0 Å². The van der Waals surface area contributed by atoms with E-state index in [1.165, 1.54) is 6.42 Å². The van der Waals surface area contributed by atoms with E-state index in [0.29, 0.717) is 10.6 Å². The van der Waals surface area contributed by atoms with Gasteiger partial charge in [0, 0.05) is 10.6 Å². The van der Waals surface area contributed by atoms with Crippen molar-refractivity contribution in [2.45, 2.75) is 31.7 Å². The smallest absolute Gasteiger partial charge is 0.328 e. The average Bonchev–Trinajstić information content (AvgIpc) is 2.39. The van der Waals surface area contributed by atoms with Gasteiger partial charge in [0.1, 0.15) is 5.54 Å². The van der Waals surface area contributed by atoms with Gasteiger partial charge in [-0.05, 0) is 38.9 Å². The molecule has 1 heterocycles. The molecule has 0 amide bonds. The van der Waals surface area contributed by atoms with Crippen molar-refractivity contribution in [3.05, 3.63) is 34.9 Å².